The molecule has 1 saturated heterocycles. The molecule has 5 nitrogen and oxygen atoms in total. The standard InChI is InChI=1S/C13H20N2O3S/c1-15(2)19(16,17)13-7-5-11(6-8-13)18-12-4-3-9-14-10-12/h5-8,12,14H,3-4,9-10H2,1-2H3/t12-/m1/s1. The number of hydrogen-bond donors (Lipinski definition) is 1. The summed E-state index contributed by atoms with van der Waals surface area (Å²) in [6.07, 6.45) is 2.31. The van der Waals surface area contributed by atoms with Gasteiger partial charge in [0.1, 0.15) is 11.9 Å². The van der Waals surface area contributed by atoms with Crippen molar-refractivity contribution in [3.63, 3.8) is 0 Å². The van der Waals surface area contributed by atoms with Crippen molar-refractivity contribution < 1.29 is 13.2 Å². The molecular weight excluding hydrogens is 264 g/mol. The molecule has 1 heterocycles. The van der Waals surface area contributed by atoms with Crippen LogP contribution in [0.5, 0.6) is 5.75 Å². The Morgan fingerprint density at radius 2 is 1.95 bits per heavy atom. The number of benzene rings is 1. The van der Waals surface area contributed by atoms with E-state index in [0.717, 1.165) is 25.9 Å². The first kappa shape index (κ1) is 14.3. The van der Waals surface area contributed by atoms with Crippen molar-refractivity contribution in [1.82, 2.24) is 9.62 Å². The van der Waals surface area contributed by atoms with E-state index in [9.17, 15) is 8.42 Å². The SMILES string of the molecule is CN(C)S(=O)(=O)c1ccc(O[C@@H]2CCCNC2)cc1. The zero-order chi connectivity index (χ0) is 13.9. The Bertz CT molecular complexity index is 505. The predicted molar refractivity (Wildman–Crippen MR) is 73.8 cm³/mol. The summed E-state index contributed by atoms with van der Waals surface area (Å²) in [4.78, 5) is 0.284. The number of piperidine rings is 1. The quantitative estimate of drug-likeness (QED) is 0.898. The maximum atomic E-state index is 11.9. The predicted octanol–water partition coefficient (Wildman–Crippen LogP) is 1.07. The molecule has 1 aromatic rings. The monoisotopic (exact) mass is 284 g/mol. The average molecular weight is 284 g/mol. The highest BCUT2D eigenvalue weighted by Crippen LogP contribution is 2.20. The molecule has 1 atom stereocenters. The van der Waals surface area contributed by atoms with Crippen molar-refractivity contribution in [2.75, 3.05) is 27.2 Å². The van der Waals surface area contributed by atoms with Crippen molar-refractivity contribution in [2.24, 2.45) is 0 Å². The van der Waals surface area contributed by atoms with Crippen LogP contribution in [0.25, 0.3) is 0 Å². The Morgan fingerprint density at radius 1 is 1.26 bits per heavy atom. The highest BCUT2D eigenvalue weighted by atomic mass is 32.2. The Morgan fingerprint density at radius 3 is 2.47 bits per heavy atom. The van der Waals surface area contributed by atoms with Gasteiger partial charge in [-0.25, -0.2) is 12.7 Å². The van der Waals surface area contributed by atoms with Crippen LogP contribution >= 0.6 is 0 Å². The van der Waals surface area contributed by atoms with Crippen molar-refractivity contribution in [3.05, 3.63) is 24.3 Å². The third kappa shape index (κ3) is 3.46. The largest absolute Gasteiger partial charge is 0.489 e. The van der Waals surface area contributed by atoms with E-state index >= 15 is 0 Å². The fourth-order valence-electron chi connectivity index (χ4n) is 2.01. The van der Waals surface area contributed by atoms with Gasteiger partial charge < -0.3 is 10.1 Å². The number of nitrogens with zero attached hydrogens (tertiary/aromatic N) is 1. The maximum absolute atomic E-state index is 11.9. The number of hydrogen-bond acceptors (Lipinski definition) is 4. The van der Waals surface area contributed by atoms with Gasteiger partial charge in [-0.15, -0.1) is 0 Å². The van der Waals surface area contributed by atoms with E-state index in [1.807, 2.05) is 0 Å². The van der Waals surface area contributed by atoms with Crippen molar-refractivity contribution in [1.29, 1.82) is 0 Å². The third-order valence-corrected chi connectivity index (χ3v) is 4.99. The van der Waals surface area contributed by atoms with Crippen LogP contribution in [-0.2, 0) is 10.0 Å². The molecule has 0 spiro atoms. The lowest BCUT2D eigenvalue weighted by Gasteiger charge is -2.24. The van der Waals surface area contributed by atoms with Crippen LogP contribution in [0.4, 0.5) is 0 Å². The van der Waals surface area contributed by atoms with Crippen LogP contribution in [0, 0.1) is 0 Å². The van der Waals surface area contributed by atoms with E-state index in [1.165, 1.54) is 18.4 Å². The molecule has 1 aliphatic rings. The van der Waals surface area contributed by atoms with E-state index in [-0.39, 0.29) is 11.0 Å². The van der Waals surface area contributed by atoms with Crippen LogP contribution in [0.3, 0.4) is 0 Å². The molecule has 2 rings (SSSR count). The van der Waals surface area contributed by atoms with Crippen molar-refractivity contribution in [2.45, 2.75) is 23.8 Å². The molecule has 0 radical (unpaired) electrons. The Kier molecular flexibility index (Phi) is 4.44. The van der Waals surface area contributed by atoms with Crippen molar-refractivity contribution in [3.8, 4) is 5.75 Å². The third-order valence-electron chi connectivity index (χ3n) is 3.16. The Balaban J connectivity index is 2.06. The number of nitrogens with one attached hydrogen (secondary N) is 1. The molecule has 0 bridgehead atoms. The molecular formula is C13H20N2O3S. The van der Waals surface area contributed by atoms with Gasteiger partial charge in [-0.1, -0.05) is 0 Å². The first-order valence-corrected chi connectivity index (χ1v) is 7.84. The van der Waals surface area contributed by atoms with Crippen LogP contribution in [-0.4, -0.2) is 46.0 Å². The summed E-state index contributed by atoms with van der Waals surface area (Å²) in [5.41, 5.74) is 0. The van der Waals surface area contributed by atoms with Gasteiger partial charge in [0.2, 0.25) is 10.0 Å². The highest BCUT2D eigenvalue weighted by molar-refractivity contribution is 7.89. The van der Waals surface area contributed by atoms with Gasteiger partial charge >= 0.3 is 0 Å². The minimum Gasteiger partial charge on any atom is -0.489 e. The molecule has 6 heteroatoms. The molecule has 1 aromatic carbocycles. The lowest BCUT2D eigenvalue weighted by Crippen LogP contribution is -2.37. The molecule has 1 fully saturated rings. The van der Waals surface area contributed by atoms with Crippen LogP contribution < -0.4 is 10.1 Å². The van der Waals surface area contributed by atoms with E-state index in [2.05, 4.69) is 5.32 Å². The first-order valence-electron chi connectivity index (χ1n) is 6.40. The van der Waals surface area contributed by atoms with Crippen molar-refractivity contribution >= 4 is 10.0 Å². The smallest absolute Gasteiger partial charge is 0.242 e. The zero-order valence-corrected chi connectivity index (χ0v) is 12.1. The normalized spacial score (nSPS) is 20.5. The summed E-state index contributed by atoms with van der Waals surface area (Å²) in [5.74, 6) is 0.714. The van der Waals surface area contributed by atoms with Gasteiger partial charge in [0.15, 0.2) is 0 Å². The Labute approximate surface area is 114 Å². The highest BCUT2D eigenvalue weighted by Gasteiger charge is 2.18. The second kappa shape index (κ2) is 5.90. The van der Waals surface area contributed by atoms with E-state index in [0.29, 0.717) is 5.75 Å². The molecule has 19 heavy (non-hydrogen) atoms. The molecule has 0 unspecified atom stereocenters. The number of ether oxygens (including phenoxy) is 1. The van der Waals surface area contributed by atoms with Gasteiger partial charge in [-0.3, -0.25) is 0 Å². The average Bonchev–Trinajstić information content (AvgIpc) is 2.40. The first-order chi connectivity index (χ1) is 9.00. The molecule has 0 aromatic heterocycles. The van der Waals surface area contributed by atoms with Crippen LogP contribution in [0.15, 0.2) is 29.2 Å². The maximum Gasteiger partial charge on any atom is 0.242 e. The fraction of sp³-hybridized carbons (Fsp3) is 0.538. The van der Waals surface area contributed by atoms with Gasteiger partial charge in [-0.2, -0.15) is 0 Å². The van der Waals surface area contributed by atoms with Gasteiger partial charge in [0.05, 0.1) is 4.90 Å². The van der Waals surface area contributed by atoms with Crippen LogP contribution in [0.1, 0.15) is 12.8 Å². The molecule has 1 aliphatic heterocycles. The van der Waals surface area contributed by atoms with E-state index < -0.39 is 10.0 Å². The topological polar surface area (TPSA) is 58.6 Å². The van der Waals surface area contributed by atoms with Gasteiger partial charge in [0, 0.05) is 20.6 Å². The lowest BCUT2D eigenvalue weighted by molar-refractivity contribution is 0.167. The fourth-order valence-corrected chi connectivity index (χ4v) is 2.92. The minimum atomic E-state index is -3.36. The second-order valence-electron chi connectivity index (χ2n) is 4.85. The summed E-state index contributed by atoms with van der Waals surface area (Å²) >= 11 is 0. The minimum absolute atomic E-state index is 0.171. The summed E-state index contributed by atoms with van der Waals surface area (Å²) in [6, 6.07) is 6.60. The molecule has 0 saturated carbocycles. The van der Waals surface area contributed by atoms with E-state index in [4.69, 9.17) is 4.74 Å². The van der Waals surface area contributed by atoms with Crippen LogP contribution in [0.2, 0.25) is 0 Å². The van der Waals surface area contributed by atoms with Gasteiger partial charge in [0.25, 0.3) is 0 Å². The summed E-state index contributed by atoms with van der Waals surface area (Å²) < 4.78 is 30.8. The summed E-state index contributed by atoms with van der Waals surface area (Å²) in [6.45, 7) is 1.89. The molecule has 1 N–H and O–H groups in total. The Hall–Kier alpha value is -1.11. The number of sulfonamides is 1. The number of rotatable bonds is 4. The zero-order valence-electron chi connectivity index (χ0n) is 11.3. The van der Waals surface area contributed by atoms with Gasteiger partial charge in [-0.05, 0) is 43.7 Å². The lowest BCUT2D eigenvalue weighted by atomic mass is 10.1. The molecule has 0 amide bonds. The van der Waals surface area contributed by atoms with E-state index in [1.54, 1.807) is 24.3 Å². The summed E-state index contributed by atoms with van der Waals surface area (Å²) in [5, 5.41) is 3.28. The summed E-state index contributed by atoms with van der Waals surface area (Å²) in [7, 11) is -0.319. The second-order valence-corrected chi connectivity index (χ2v) is 7.00. The molecule has 0 aliphatic carbocycles. The molecule has 106 valence electrons.